The van der Waals surface area contributed by atoms with E-state index < -0.39 is 60.4 Å². The van der Waals surface area contributed by atoms with Gasteiger partial charge < -0.3 is 36.3 Å². The molecule has 1 unspecified atom stereocenters. The predicted molar refractivity (Wildman–Crippen MR) is 200 cm³/mol. The van der Waals surface area contributed by atoms with Gasteiger partial charge in [0.05, 0.1) is 18.4 Å². The Bertz CT molecular complexity index is 1860. The van der Waals surface area contributed by atoms with E-state index >= 15 is 0 Å². The molecule has 0 spiro atoms. The number of fused-ring (bicyclic) bond motifs is 1. The number of carbonyl (C=O) groups excluding carboxylic acids is 4. The average molecular weight is 772 g/mol. The molecule has 0 saturated heterocycles. The van der Waals surface area contributed by atoms with Gasteiger partial charge in [-0.15, -0.1) is 0 Å². The van der Waals surface area contributed by atoms with Crippen LogP contribution in [0.25, 0.3) is 11.2 Å². The second-order valence-corrected chi connectivity index (χ2v) is 14.4. The molecule has 53 heavy (non-hydrogen) atoms. The van der Waals surface area contributed by atoms with Gasteiger partial charge in [0.1, 0.15) is 24.8 Å². The van der Waals surface area contributed by atoms with E-state index in [1.165, 1.54) is 27.8 Å². The lowest BCUT2D eigenvalue weighted by Gasteiger charge is -2.22. The fraction of sp³-hybridized carbons (Fsp3) is 0.441. The van der Waals surface area contributed by atoms with Crippen molar-refractivity contribution in [2.45, 2.75) is 76.6 Å². The van der Waals surface area contributed by atoms with Gasteiger partial charge in [-0.05, 0) is 62.4 Å². The zero-order valence-corrected chi connectivity index (χ0v) is 30.3. The molecular weight excluding hydrogens is 729 g/mol. The van der Waals surface area contributed by atoms with Crippen LogP contribution in [0.2, 0.25) is 0 Å². The van der Waals surface area contributed by atoms with Crippen LogP contribution in [-0.4, -0.2) is 91.1 Å². The summed E-state index contributed by atoms with van der Waals surface area (Å²) in [4.78, 5) is 89.4. The number of nitrogens with two attached hydrogens (primary N) is 1. The maximum Gasteiger partial charge on any atom is 0.329 e. The van der Waals surface area contributed by atoms with Crippen LogP contribution < -0.4 is 27.2 Å². The van der Waals surface area contributed by atoms with Crippen LogP contribution in [0.5, 0.6) is 0 Å². The number of carboxylic acid groups (broad SMARTS) is 1. The van der Waals surface area contributed by atoms with Gasteiger partial charge in [0.25, 0.3) is 11.5 Å². The molecule has 2 aromatic heterocycles. The molecule has 2 amide bonds. The van der Waals surface area contributed by atoms with E-state index in [1.807, 2.05) is 12.2 Å². The molecule has 2 heterocycles. The van der Waals surface area contributed by atoms with Crippen LogP contribution >= 0.6 is 21.6 Å². The number of hydrogen-bond donors (Lipinski definition) is 6. The van der Waals surface area contributed by atoms with Crippen LogP contribution in [-0.2, 0) is 35.2 Å². The van der Waals surface area contributed by atoms with Crippen molar-refractivity contribution in [1.82, 2.24) is 30.6 Å². The third kappa shape index (κ3) is 13.7. The number of carbonyl (C=O) groups is 5. The van der Waals surface area contributed by atoms with Gasteiger partial charge in [0.15, 0.2) is 11.2 Å². The van der Waals surface area contributed by atoms with E-state index in [4.69, 9.17) is 16.6 Å². The summed E-state index contributed by atoms with van der Waals surface area (Å²) in [6.45, 7) is -0.210. The van der Waals surface area contributed by atoms with Crippen molar-refractivity contribution in [2.24, 2.45) is 0 Å². The van der Waals surface area contributed by atoms with Crippen molar-refractivity contribution in [3.63, 3.8) is 0 Å². The number of nitrogens with one attached hydrogen (secondary N) is 4. The molecule has 0 aliphatic heterocycles. The Labute approximate surface area is 313 Å². The highest BCUT2D eigenvalue weighted by molar-refractivity contribution is 8.76. The monoisotopic (exact) mass is 771 g/mol. The second kappa shape index (κ2) is 20.8. The Kier molecular flexibility index (Phi) is 15.3. The lowest BCUT2D eigenvalue weighted by molar-refractivity contribution is -0.150. The maximum absolute atomic E-state index is 13.4. The zero-order chi connectivity index (χ0) is 38.9. The Hall–Kier alpha value is -5.17. The molecule has 1 aliphatic carbocycles. The van der Waals surface area contributed by atoms with E-state index in [0.29, 0.717) is 23.6 Å². The molecule has 0 bridgehead atoms. The number of amides is 2. The molecule has 0 fully saturated rings. The highest BCUT2D eigenvalue weighted by Gasteiger charge is 2.27. The predicted octanol–water partition coefficient (Wildman–Crippen LogP) is 2.73. The molecule has 17 nitrogen and oxygen atoms in total. The summed E-state index contributed by atoms with van der Waals surface area (Å²) in [5, 5.41) is 17.9. The Morgan fingerprint density at radius 3 is 2.68 bits per heavy atom. The molecule has 3 atom stereocenters. The molecule has 1 aliphatic rings. The van der Waals surface area contributed by atoms with Crippen molar-refractivity contribution in [2.75, 3.05) is 29.2 Å². The zero-order valence-electron chi connectivity index (χ0n) is 29.7. The van der Waals surface area contributed by atoms with Gasteiger partial charge in [-0.25, -0.2) is 19.6 Å². The van der Waals surface area contributed by atoms with E-state index in [9.17, 15) is 33.9 Å². The van der Waals surface area contributed by atoms with Crippen molar-refractivity contribution in [3.8, 4) is 0 Å². The smallest absolute Gasteiger partial charge is 0.329 e. The minimum absolute atomic E-state index is 0.0156. The molecule has 4 rings (SSSR count). The lowest BCUT2D eigenvalue weighted by atomic mass is 10.0. The summed E-state index contributed by atoms with van der Waals surface area (Å²) in [6.07, 6.45) is 8.71. The topological polar surface area (TPSA) is 258 Å². The van der Waals surface area contributed by atoms with Crippen molar-refractivity contribution in [1.29, 1.82) is 0 Å². The molecule has 19 heteroatoms. The number of nitrogen functional groups attached to an aromatic ring is 1. The van der Waals surface area contributed by atoms with Crippen molar-refractivity contribution >= 4 is 74.1 Å². The summed E-state index contributed by atoms with van der Waals surface area (Å²) < 4.78 is 17.5. The summed E-state index contributed by atoms with van der Waals surface area (Å²) in [5.41, 5.74) is 6.51. The third-order valence-corrected chi connectivity index (χ3v) is 10.1. The number of allylic oxidation sites excluding steroid dienone is 1. The maximum atomic E-state index is 13.4. The Morgan fingerprint density at radius 2 is 1.91 bits per heavy atom. The van der Waals surface area contributed by atoms with Crippen LogP contribution in [0.4, 0.5) is 11.6 Å². The number of H-pyrrole nitrogens is 1. The number of aromatic nitrogens is 4. The summed E-state index contributed by atoms with van der Waals surface area (Å²) in [5.74, 6) is -3.53. The Morgan fingerprint density at radius 1 is 1.09 bits per heavy atom. The van der Waals surface area contributed by atoms with E-state index in [2.05, 4.69) is 35.9 Å². The quantitative estimate of drug-likeness (QED) is 0.0470. The van der Waals surface area contributed by atoms with Crippen LogP contribution in [0.3, 0.4) is 0 Å². The largest absolute Gasteiger partial charge is 0.480 e. The normalized spacial score (nSPS) is 16.2. The first-order valence-electron chi connectivity index (χ1n) is 17.5. The molecular formula is C34H42N8O9S2. The minimum atomic E-state index is -1.25. The first-order chi connectivity index (χ1) is 26.0. The van der Waals surface area contributed by atoms with Gasteiger partial charge >= 0.3 is 17.9 Å². The fourth-order valence-corrected chi connectivity index (χ4v) is 7.00. The number of ether oxygens (including phenoxy) is 2. The number of benzene rings is 1. The van der Waals surface area contributed by atoms with Gasteiger partial charge in [-0.3, -0.25) is 24.2 Å². The Balaban J connectivity index is 1.35. The highest BCUT2D eigenvalue weighted by atomic mass is 33.1. The number of esters is 2. The van der Waals surface area contributed by atoms with E-state index in [1.54, 1.807) is 24.3 Å². The SMILES string of the molecule is [2H]CC(=O)OCCSSC[C@@H](NC(=O)CC[C@@H](NC(=O)c1ccc(NCc2cnc3nc(N)[nH]c(=O)c3n2)cc1)C(=O)OC1/C=C/CCCCC1)C(=O)O. The second-order valence-electron chi connectivity index (χ2n) is 11.8. The van der Waals surface area contributed by atoms with E-state index in [-0.39, 0.29) is 54.4 Å². The fourth-order valence-electron chi connectivity index (χ4n) is 5.02. The number of nitrogens with zero attached hydrogens (tertiary/aromatic N) is 3. The number of aromatic amines is 1. The average Bonchev–Trinajstić information content (AvgIpc) is 3.14. The number of anilines is 2. The number of rotatable bonds is 18. The van der Waals surface area contributed by atoms with Crippen molar-refractivity contribution in [3.05, 3.63) is 64.2 Å². The number of carboxylic acids is 1. The summed E-state index contributed by atoms with van der Waals surface area (Å²) in [6, 6.07) is 3.93. The number of hydrogen-bond acceptors (Lipinski definition) is 15. The summed E-state index contributed by atoms with van der Waals surface area (Å²) in [7, 11) is 2.42. The van der Waals surface area contributed by atoms with Crippen LogP contribution in [0.1, 0.15) is 69.3 Å². The lowest BCUT2D eigenvalue weighted by Crippen LogP contribution is -2.45. The number of aliphatic carboxylic acids is 1. The summed E-state index contributed by atoms with van der Waals surface area (Å²) >= 11 is 0. The van der Waals surface area contributed by atoms with Crippen LogP contribution in [0.15, 0.2) is 47.4 Å². The van der Waals surface area contributed by atoms with Crippen molar-refractivity contribution < 1.29 is 39.9 Å². The molecule has 7 N–H and O–H groups in total. The van der Waals surface area contributed by atoms with E-state index in [0.717, 1.165) is 25.7 Å². The molecule has 0 saturated carbocycles. The van der Waals surface area contributed by atoms with Gasteiger partial charge in [0.2, 0.25) is 11.9 Å². The van der Waals surface area contributed by atoms with Gasteiger partial charge in [-0.2, -0.15) is 4.98 Å². The molecule has 284 valence electrons. The van der Waals surface area contributed by atoms with Gasteiger partial charge in [-0.1, -0.05) is 34.1 Å². The van der Waals surface area contributed by atoms with Crippen LogP contribution in [0, 0.1) is 0 Å². The standard InChI is InChI=1S/C34H42N8O9S2/c1-20(43)50-15-16-52-53-19-26(32(47)48)39-27(44)14-13-25(33(49)51-24-7-5-3-2-4-6-8-24)40-30(45)21-9-11-22(12-10-21)36-17-23-18-37-29-28(38-23)31(46)42-34(35)41-29/h5,7,9-12,18,24-26,36H,2-4,6,8,13-17,19H2,1H3,(H,39,44)(H,40,45)(H,47,48)(H3,35,37,41,42,46)/b7-5+/t24?,25-,26-/m1/s1/i1D. The highest BCUT2D eigenvalue weighted by Crippen LogP contribution is 2.22. The third-order valence-electron chi connectivity index (χ3n) is 7.72. The van der Waals surface area contributed by atoms with Gasteiger partial charge in [0, 0.05) is 37.4 Å². The first-order valence-corrected chi connectivity index (χ1v) is 19.3. The first kappa shape index (κ1) is 39.0. The minimum Gasteiger partial charge on any atom is -0.480 e. The molecule has 0 radical (unpaired) electrons. The molecule has 3 aromatic rings. The molecule has 1 aromatic carbocycles.